The van der Waals surface area contributed by atoms with Gasteiger partial charge in [-0.15, -0.1) is 0 Å². The molecule has 0 aliphatic carbocycles. The van der Waals surface area contributed by atoms with Gasteiger partial charge in [0.25, 0.3) is 5.91 Å². The second kappa shape index (κ2) is 5.72. The molecule has 0 bridgehead atoms. The van der Waals surface area contributed by atoms with E-state index in [1.807, 2.05) is 7.05 Å². The maximum Gasteiger partial charge on any atom is 0.255 e. The molecule has 1 amide bonds. The van der Waals surface area contributed by atoms with Gasteiger partial charge in [-0.2, -0.15) is 0 Å². The van der Waals surface area contributed by atoms with Crippen molar-refractivity contribution in [1.82, 2.24) is 10.2 Å². The van der Waals surface area contributed by atoms with Gasteiger partial charge in [-0.1, -0.05) is 11.6 Å². The lowest BCUT2D eigenvalue weighted by Gasteiger charge is -2.17. The predicted octanol–water partition coefficient (Wildman–Crippen LogP) is 1.34. The summed E-state index contributed by atoms with van der Waals surface area (Å²) in [5, 5.41) is 12.6. The number of rotatable bonds is 4. The molecule has 0 saturated carbocycles. The summed E-state index contributed by atoms with van der Waals surface area (Å²) >= 11 is 5.89. The van der Waals surface area contributed by atoms with E-state index in [1.165, 1.54) is 18.2 Å². The Kier molecular flexibility index (Phi) is 4.58. The third-order valence-corrected chi connectivity index (χ3v) is 2.55. The summed E-state index contributed by atoms with van der Waals surface area (Å²) in [6.45, 7) is 1.29. The van der Waals surface area contributed by atoms with Gasteiger partial charge in [0.05, 0.1) is 10.6 Å². The Bertz CT molecular complexity index is 382. The van der Waals surface area contributed by atoms with Gasteiger partial charge < -0.3 is 15.3 Å². The molecule has 0 saturated heterocycles. The maximum atomic E-state index is 11.9. The normalized spacial score (nSPS) is 10.2. The van der Waals surface area contributed by atoms with Crippen molar-refractivity contribution in [3.05, 3.63) is 28.8 Å². The predicted molar refractivity (Wildman–Crippen MR) is 64.0 cm³/mol. The van der Waals surface area contributed by atoms with Gasteiger partial charge in [0.2, 0.25) is 0 Å². The number of carbonyl (C=O) groups is 1. The van der Waals surface area contributed by atoms with Gasteiger partial charge in [-0.3, -0.25) is 4.79 Å². The molecule has 1 rings (SSSR count). The first-order valence-electron chi connectivity index (χ1n) is 4.95. The van der Waals surface area contributed by atoms with Crippen molar-refractivity contribution in [2.45, 2.75) is 0 Å². The summed E-state index contributed by atoms with van der Waals surface area (Å²) in [6, 6.07) is 4.34. The van der Waals surface area contributed by atoms with Crippen LogP contribution >= 0.6 is 11.6 Å². The number of phenolic OH excluding ortho intramolecular Hbond substituents is 1. The van der Waals surface area contributed by atoms with E-state index in [-0.39, 0.29) is 11.7 Å². The number of benzene rings is 1. The highest BCUT2D eigenvalue weighted by molar-refractivity contribution is 6.33. The summed E-state index contributed by atoms with van der Waals surface area (Å²) in [7, 11) is 3.51. The van der Waals surface area contributed by atoms with Crippen LogP contribution in [0.4, 0.5) is 0 Å². The van der Waals surface area contributed by atoms with Crippen LogP contribution in [0.2, 0.25) is 5.02 Å². The number of carbonyl (C=O) groups excluding carboxylic acids is 1. The van der Waals surface area contributed by atoms with E-state index < -0.39 is 0 Å². The van der Waals surface area contributed by atoms with Gasteiger partial charge in [0.1, 0.15) is 5.75 Å². The van der Waals surface area contributed by atoms with Crippen LogP contribution in [0.15, 0.2) is 18.2 Å². The van der Waals surface area contributed by atoms with E-state index in [0.29, 0.717) is 23.7 Å². The molecule has 2 N–H and O–H groups in total. The first kappa shape index (κ1) is 12.8. The fourth-order valence-electron chi connectivity index (χ4n) is 1.26. The minimum atomic E-state index is -0.198. The van der Waals surface area contributed by atoms with Crippen LogP contribution in [-0.4, -0.2) is 43.1 Å². The number of hydrogen-bond acceptors (Lipinski definition) is 3. The SMILES string of the molecule is CNCCN(C)C(=O)c1cc(O)ccc1Cl. The number of nitrogens with one attached hydrogen (secondary N) is 1. The topological polar surface area (TPSA) is 52.6 Å². The molecule has 1 aromatic rings. The zero-order chi connectivity index (χ0) is 12.1. The van der Waals surface area contributed by atoms with Crippen LogP contribution in [0.25, 0.3) is 0 Å². The second-order valence-corrected chi connectivity index (χ2v) is 3.90. The number of nitrogens with zero attached hydrogens (tertiary/aromatic N) is 1. The highest BCUT2D eigenvalue weighted by atomic mass is 35.5. The first-order valence-corrected chi connectivity index (χ1v) is 5.32. The third kappa shape index (κ3) is 3.12. The number of aromatic hydroxyl groups is 1. The smallest absolute Gasteiger partial charge is 0.255 e. The Morgan fingerprint density at radius 1 is 1.56 bits per heavy atom. The van der Waals surface area contributed by atoms with E-state index in [4.69, 9.17) is 11.6 Å². The molecule has 0 spiro atoms. The van der Waals surface area contributed by atoms with Gasteiger partial charge in [-0.25, -0.2) is 0 Å². The zero-order valence-electron chi connectivity index (χ0n) is 9.33. The highest BCUT2D eigenvalue weighted by Gasteiger charge is 2.15. The molecule has 5 heteroatoms. The summed E-state index contributed by atoms with van der Waals surface area (Å²) in [4.78, 5) is 13.5. The van der Waals surface area contributed by atoms with Crippen LogP contribution in [0.1, 0.15) is 10.4 Å². The highest BCUT2D eigenvalue weighted by Crippen LogP contribution is 2.22. The van der Waals surface area contributed by atoms with E-state index in [2.05, 4.69) is 5.32 Å². The average Bonchev–Trinajstić information content (AvgIpc) is 2.28. The second-order valence-electron chi connectivity index (χ2n) is 3.49. The van der Waals surface area contributed by atoms with Gasteiger partial charge in [0, 0.05) is 20.1 Å². The lowest BCUT2D eigenvalue weighted by atomic mass is 10.2. The Labute approximate surface area is 99.8 Å². The maximum absolute atomic E-state index is 11.9. The third-order valence-electron chi connectivity index (χ3n) is 2.22. The van der Waals surface area contributed by atoms with E-state index in [9.17, 15) is 9.90 Å². The molecule has 4 nitrogen and oxygen atoms in total. The minimum Gasteiger partial charge on any atom is -0.508 e. The molecule has 88 valence electrons. The molecule has 16 heavy (non-hydrogen) atoms. The molecule has 0 atom stereocenters. The molecule has 0 fully saturated rings. The van der Waals surface area contributed by atoms with Crippen LogP contribution in [0.5, 0.6) is 5.75 Å². The molecule has 0 aliphatic rings. The lowest BCUT2D eigenvalue weighted by Crippen LogP contribution is -2.32. The molecule has 0 radical (unpaired) electrons. The standard InChI is InChI=1S/C11H15ClN2O2/c1-13-5-6-14(2)11(16)9-7-8(15)3-4-10(9)12/h3-4,7,13,15H,5-6H2,1-2H3. The van der Waals surface area contributed by atoms with Gasteiger partial charge in [-0.05, 0) is 25.2 Å². The summed E-state index contributed by atoms with van der Waals surface area (Å²) in [5.41, 5.74) is 0.320. The fourth-order valence-corrected chi connectivity index (χ4v) is 1.46. The molecular formula is C11H15ClN2O2. The van der Waals surface area contributed by atoms with E-state index in [1.54, 1.807) is 11.9 Å². The monoisotopic (exact) mass is 242 g/mol. The van der Waals surface area contributed by atoms with Crippen LogP contribution in [0.3, 0.4) is 0 Å². The quantitative estimate of drug-likeness (QED) is 0.838. The van der Waals surface area contributed by atoms with Crippen LogP contribution in [0, 0.1) is 0 Å². The Hall–Kier alpha value is -1.26. The average molecular weight is 243 g/mol. The number of halogens is 1. The van der Waals surface area contributed by atoms with Gasteiger partial charge >= 0.3 is 0 Å². The molecule has 0 heterocycles. The zero-order valence-corrected chi connectivity index (χ0v) is 10.1. The molecule has 0 aromatic heterocycles. The number of phenols is 1. The largest absolute Gasteiger partial charge is 0.508 e. The fraction of sp³-hybridized carbons (Fsp3) is 0.364. The Morgan fingerprint density at radius 2 is 2.25 bits per heavy atom. The van der Waals surface area contributed by atoms with Crippen molar-refractivity contribution < 1.29 is 9.90 Å². The van der Waals surface area contributed by atoms with E-state index in [0.717, 1.165) is 0 Å². The molecule has 0 aliphatic heterocycles. The number of amides is 1. The molecule has 0 unspecified atom stereocenters. The summed E-state index contributed by atoms with van der Waals surface area (Å²) in [6.07, 6.45) is 0. The van der Waals surface area contributed by atoms with Crippen molar-refractivity contribution in [1.29, 1.82) is 0 Å². The summed E-state index contributed by atoms with van der Waals surface area (Å²) < 4.78 is 0. The first-order chi connectivity index (χ1) is 7.56. The summed E-state index contributed by atoms with van der Waals surface area (Å²) in [5.74, 6) is -0.161. The van der Waals surface area contributed by atoms with Crippen molar-refractivity contribution in [2.75, 3.05) is 27.2 Å². The minimum absolute atomic E-state index is 0.0368. The number of hydrogen-bond donors (Lipinski definition) is 2. The van der Waals surface area contributed by atoms with Crippen molar-refractivity contribution in [3.63, 3.8) is 0 Å². The van der Waals surface area contributed by atoms with Gasteiger partial charge in [0.15, 0.2) is 0 Å². The number of likely N-dealkylation sites (N-methyl/N-ethyl adjacent to an activating group) is 2. The molecular weight excluding hydrogens is 228 g/mol. The van der Waals surface area contributed by atoms with Crippen molar-refractivity contribution >= 4 is 17.5 Å². The van der Waals surface area contributed by atoms with Crippen LogP contribution in [-0.2, 0) is 0 Å². The van der Waals surface area contributed by atoms with Crippen molar-refractivity contribution in [2.24, 2.45) is 0 Å². The van der Waals surface area contributed by atoms with Crippen LogP contribution < -0.4 is 5.32 Å². The van der Waals surface area contributed by atoms with E-state index >= 15 is 0 Å². The lowest BCUT2D eigenvalue weighted by molar-refractivity contribution is 0.0796. The molecule has 1 aromatic carbocycles. The van der Waals surface area contributed by atoms with Crippen molar-refractivity contribution in [3.8, 4) is 5.75 Å². The Balaban J connectivity index is 2.83. The Morgan fingerprint density at radius 3 is 2.88 bits per heavy atom.